The molecule has 0 spiro atoms. The number of hydrogen-bond acceptors (Lipinski definition) is 4. The quantitative estimate of drug-likeness (QED) is 0.883. The van der Waals surface area contributed by atoms with Crippen LogP contribution < -0.4 is 5.32 Å². The molecular formula is C13H16BrN3S. The van der Waals surface area contributed by atoms with Gasteiger partial charge in [0.1, 0.15) is 5.82 Å². The van der Waals surface area contributed by atoms with E-state index in [0.29, 0.717) is 0 Å². The van der Waals surface area contributed by atoms with Gasteiger partial charge in [0.2, 0.25) is 5.13 Å². The molecule has 1 aromatic carbocycles. The van der Waals surface area contributed by atoms with Gasteiger partial charge in [0.05, 0.1) is 6.04 Å². The molecule has 0 aliphatic rings. The highest BCUT2D eigenvalue weighted by Crippen LogP contribution is 2.23. The maximum absolute atomic E-state index is 4.47. The van der Waals surface area contributed by atoms with E-state index >= 15 is 0 Å². The fourth-order valence-corrected chi connectivity index (χ4v) is 2.80. The molecule has 0 aliphatic heterocycles. The Bertz CT molecular complexity index is 512. The topological polar surface area (TPSA) is 37.8 Å². The van der Waals surface area contributed by atoms with Crippen molar-refractivity contribution in [2.75, 3.05) is 5.32 Å². The van der Waals surface area contributed by atoms with Gasteiger partial charge in [-0.1, -0.05) is 35.0 Å². The Morgan fingerprint density at radius 1 is 1.44 bits per heavy atom. The highest BCUT2D eigenvalue weighted by atomic mass is 79.9. The molecule has 0 radical (unpaired) electrons. The Kier molecular flexibility index (Phi) is 4.72. The summed E-state index contributed by atoms with van der Waals surface area (Å²) < 4.78 is 5.42. The van der Waals surface area contributed by atoms with E-state index in [1.54, 1.807) is 0 Å². The summed E-state index contributed by atoms with van der Waals surface area (Å²) in [5, 5.41) is 4.28. The summed E-state index contributed by atoms with van der Waals surface area (Å²) in [7, 11) is 0. The van der Waals surface area contributed by atoms with Gasteiger partial charge in [0, 0.05) is 22.4 Å². The van der Waals surface area contributed by atoms with E-state index in [2.05, 4.69) is 56.6 Å². The third-order valence-electron chi connectivity index (χ3n) is 2.63. The Labute approximate surface area is 120 Å². The molecule has 0 bridgehead atoms. The summed E-state index contributed by atoms with van der Waals surface area (Å²) in [5.41, 5.74) is 1.23. The van der Waals surface area contributed by atoms with Crippen LogP contribution in [0.4, 0.5) is 5.13 Å². The van der Waals surface area contributed by atoms with Gasteiger partial charge >= 0.3 is 0 Å². The molecule has 2 aromatic rings. The lowest BCUT2D eigenvalue weighted by molar-refractivity contribution is 0.848. The highest BCUT2D eigenvalue weighted by molar-refractivity contribution is 9.10. The van der Waals surface area contributed by atoms with Gasteiger partial charge in [-0.3, -0.25) is 0 Å². The van der Waals surface area contributed by atoms with Gasteiger partial charge in [-0.2, -0.15) is 4.37 Å². The van der Waals surface area contributed by atoms with Crippen molar-refractivity contribution in [3.05, 3.63) is 40.1 Å². The third-order valence-corrected chi connectivity index (χ3v) is 3.81. The number of benzene rings is 1. The predicted octanol–water partition coefficient (Wildman–Crippen LogP) is 4.43. The molecule has 0 aliphatic carbocycles. The number of hydrogen-bond donors (Lipinski definition) is 1. The van der Waals surface area contributed by atoms with Gasteiger partial charge in [-0.25, -0.2) is 4.98 Å². The van der Waals surface area contributed by atoms with Crippen molar-refractivity contribution in [3.63, 3.8) is 0 Å². The number of halogens is 1. The highest BCUT2D eigenvalue weighted by Gasteiger charge is 2.09. The maximum atomic E-state index is 4.47. The van der Waals surface area contributed by atoms with Crippen LogP contribution in [0.5, 0.6) is 0 Å². The Balaban J connectivity index is 2.04. The summed E-state index contributed by atoms with van der Waals surface area (Å²) in [6.07, 6.45) is 2.03. The van der Waals surface area contributed by atoms with Crippen molar-refractivity contribution in [3.8, 4) is 0 Å². The van der Waals surface area contributed by atoms with E-state index in [-0.39, 0.29) is 6.04 Å². The van der Waals surface area contributed by atoms with Crippen LogP contribution in [0.3, 0.4) is 0 Å². The number of aromatic nitrogens is 2. The van der Waals surface area contributed by atoms with Gasteiger partial charge in [-0.15, -0.1) is 0 Å². The lowest BCUT2D eigenvalue weighted by atomic mass is 10.1. The molecule has 3 nitrogen and oxygen atoms in total. The second-order valence-electron chi connectivity index (χ2n) is 4.19. The van der Waals surface area contributed by atoms with Gasteiger partial charge in [0.25, 0.3) is 0 Å². The summed E-state index contributed by atoms with van der Waals surface area (Å²) in [4.78, 5) is 4.47. The van der Waals surface area contributed by atoms with Crippen molar-refractivity contribution in [2.24, 2.45) is 0 Å². The van der Waals surface area contributed by atoms with E-state index in [4.69, 9.17) is 0 Å². The Morgan fingerprint density at radius 2 is 2.28 bits per heavy atom. The zero-order chi connectivity index (χ0) is 13.0. The molecule has 0 fully saturated rings. The fraction of sp³-hybridized carbons (Fsp3) is 0.385. The average Bonchev–Trinajstić information content (AvgIpc) is 2.77. The summed E-state index contributed by atoms with van der Waals surface area (Å²) in [6.45, 7) is 4.26. The van der Waals surface area contributed by atoms with Crippen molar-refractivity contribution < 1.29 is 0 Å². The Morgan fingerprint density at radius 3 is 3.00 bits per heavy atom. The molecule has 1 aromatic heterocycles. The van der Waals surface area contributed by atoms with Crippen LogP contribution in [0.15, 0.2) is 28.7 Å². The van der Waals surface area contributed by atoms with E-state index < -0.39 is 0 Å². The van der Waals surface area contributed by atoms with Crippen LogP contribution in [0, 0.1) is 0 Å². The largest absolute Gasteiger partial charge is 0.354 e. The smallest absolute Gasteiger partial charge is 0.203 e. The van der Waals surface area contributed by atoms with E-state index in [1.165, 1.54) is 17.1 Å². The normalized spacial score (nSPS) is 12.4. The van der Waals surface area contributed by atoms with Crippen LogP contribution in [0.2, 0.25) is 0 Å². The first kappa shape index (κ1) is 13.5. The molecule has 1 atom stereocenters. The van der Waals surface area contributed by atoms with E-state index in [0.717, 1.165) is 28.3 Å². The van der Waals surface area contributed by atoms with Crippen LogP contribution >= 0.6 is 27.5 Å². The maximum Gasteiger partial charge on any atom is 0.203 e. The van der Waals surface area contributed by atoms with Gasteiger partial charge in [-0.05, 0) is 31.0 Å². The number of anilines is 1. The molecule has 0 saturated carbocycles. The van der Waals surface area contributed by atoms with Crippen LogP contribution in [0.1, 0.15) is 37.7 Å². The lowest BCUT2D eigenvalue weighted by Crippen LogP contribution is -2.06. The molecule has 0 saturated heterocycles. The van der Waals surface area contributed by atoms with E-state index in [9.17, 15) is 0 Å². The number of aryl methyl sites for hydroxylation is 1. The summed E-state index contributed by atoms with van der Waals surface area (Å²) in [5.74, 6) is 0.937. The number of rotatable bonds is 5. The first-order chi connectivity index (χ1) is 8.69. The minimum absolute atomic E-state index is 0.227. The standard InChI is InChI=1S/C13H16BrN3S/c1-3-5-12-16-13(18-17-12)15-9(2)10-6-4-7-11(14)8-10/h4,6-9H,3,5H2,1-2H3,(H,15,16,17). The molecule has 0 amide bonds. The van der Waals surface area contributed by atoms with Crippen molar-refractivity contribution in [1.29, 1.82) is 0 Å². The molecule has 5 heteroatoms. The molecule has 1 heterocycles. The first-order valence-electron chi connectivity index (χ1n) is 6.03. The fourth-order valence-electron chi connectivity index (χ4n) is 1.68. The molecular weight excluding hydrogens is 310 g/mol. The predicted molar refractivity (Wildman–Crippen MR) is 80.1 cm³/mol. The number of nitrogens with one attached hydrogen (secondary N) is 1. The monoisotopic (exact) mass is 325 g/mol. The van der Waals surface area contributed by atoms with E-state index in [1.807, 2.05) is 12.1 Å². The molecule has 1 unspecified atom stereocenters. The van der Waals surface area contributed by atoms with Gasteiger partial charge in [0.15, 0.2) is 0 Å². The minimum Gasteiger partial charge on any atom is -0.354 e. The zero-order valence-corrected chi connectivity index (χ0v) is 12.9. The van der Waals surface area contributed by atoms with Gasteiger partial charge < -0.3 is 5.32 Å². The molecule has 1 N–H and O–H groups in total. The number of nitrogens with zero attached hydrogens (tertiary/aromatic N) is 2. The van der Waals surface area contributed by atoms with Crippen molar-refractivity contribution >= 4 is 32.6 Å². The summed E-state index contributed by atoms with van der Waals surface area (Å²) in [6, 6.07) is 8.52. The Hall–Kier alpha value is -0.940. The van der Waals surface area contributed by atoms with Crippen molar-refractivity contribution in [2.45, 2.75) is 32.7 Å². The average molecular weight is 326 g/mol. The van der Waals surface area contributed by atoms with Crippen LogP contribution in [-0.2, 0) is 6.42 Å². The van der Waals surface area contributed by atoms with Crippen LogP contribution in [0.25, 0.3) is 0 Å². The zero-order valence-electron chi connectivity index (χ0n) is 10.5. The second-order valence-corrected chi connectivity index (χ2v) is 5.85. The lowest BCUT2D eigenvalue weighted by Gasteiger charge is -2.13. The third kappa shape index (κ3) is 3.53. The minimum atomic E-state index is 0.227. The summed E-state index contributed by atoms with van der Waals surface area (Å²) >= 11 is 4.92. The molecule has 2 rings (SSSR count). The SMILES string of the molecule is CCCc1nsc(NC(C)c2cccc(Br)c2)n1. The first-order valence-corrected chi connectivity index (χ1v) is 7.60. The van der Waals surface area contributed by atoms with Crippen molar-refractivity contribution in [1.82, 2.24) is 9.36 Å². The second kappa shape index (κ2) is 6.29. The molecule has 96 valence electrons. The molecule has 18 heavy (non-hydrogen) atoms. The van der Waals surface area contributed by atoms with Crippen LogP contribution in [-0.4, -0.2) is 9.36 Å².